The van der Waals surface area contributed by atoms with Crippen LogP contribution < -0.4 is 24.6 Å². The maximum Gasteiger partial charge on any atom is 0.501 e. The summed E-state index contributed by atoms with van der Waals surface area (Å²) < 4.78 is 36.2. The zero-order valence-corrected chi connectivity index (χ0v) is 9.52. The van der Waals surface area contributed by atoms with Gasteiger partial charge >= 0.3 is 10.4 Å². The van der Waals surface area contributed by atoms with Gasteiger partial charge in [0.1, 0.15) is 11.4 Å². The average molecular weight is 262 g/mol. The van der Waals surface area contributed by atoms with Crippen LogP contribution in [-0.4, -0.2) is 19.8 Å². The molecule has 0 saturated carbocycles. The highest BCUT2D eigenvalue weighted by atomic mass is 32.3. The summed E-state index contributed by atoms with van der Waals surface area (Å²) in [5, 5.41) is 9.07. The Balaban J connectivity index is 2.56. The number of hydrogen-bond acceptors (Lipinski definition) is 8. The van der Waals surface area contributed by atoms with Crippen LogP contribution in [0, 0.1) is 0 Å². The monoisotopic (exact) mass is 262 g/mol. The molecular weight excluding hydrogens is 252 g/mol. The molecule has 5 N–H and O–H groups in total. The largest absolute Gasteiger partial charge is 0.501 e. The molecule has 0 amide bonds. The molecule has 1 aliphatic heterocycles. The average Bonchev–Trinajstić information content (AvgIpc) is 2.17. The van der Waals surface area contributed by atoms with E-state index in [9.17, 15) is 8.42 Å². The number of anilines is 2. The van der Waals surface area contributed by atoms with Crippen LogP contribution >= 0.6 is 0 Å². The van der Waals surface area contributed by atoms with E-state index in [0.717, 1.165) is 0 Å². The van der Waals surface area contributed by atoms with Crippen molar-refractivity contribution in [3.8, 4) is 17.2 Å². The molecule has 8 nitrogen and oxygen atoms in total. The highest BCUT2D eigenvalue weighted by molar-refractivity contribution is 7.82. The summed E-state index contributed by atoms with van der Waals surface area (Å²) in [5.41, 5.74) is 11.0. The van der Waals surface area contributed by atoms with Crippen molar-refractivity contribution in [3.63, 3.8) is 0 Å². The predicted molar refractivity (Wildman–Crippen MR) is 57.8 cm³/mol. The number of rotatable bonds is 2. The van der Waals surface area contributed by atoms with E-state index in [0.29, 0.717) is 0 Å². The quantitative estimate of drug-likeness (QED) is 0.483. The Morgan fingerprint density at radius 3 is 2.59 bits per heavy atom. The topological polar surface area (TPSA) is 134 Å². The zero-order chi connectivity index (χ0) is 12.8. The summed E-state index contributed by atoms with van der Waals surface area (Å²) in [6.07, 6.45) is -1.13. The van der Waals surface area contributed by atoms with Gasteiger partial charge in [0.2, 0.25) is 0 Å². The minimum Gasteiger partial charge on any atom is -0.463 e. The number of benzene rings is 1. The first-order valence-corrected chi connectivity index (χ1v) is 5.84. The second kappa shape index (κ2) is 3.57. The van der Waals surface area contributed by atoms with Crippen LogP contribution in [0.1, 0.15) is 6.92 Å². The Hall–Kier alpha value is -1.87. The van der Waals surface area contributed by atoms with E-state index in [1.807, 2.05) is 0 Å². The summed E-state index contributed by atoms with van der Waals surface area (Å²) in [5.74, 6) is -0.394. The van der Waals surface area contributed by atoms with Gasteiger partial charge in [-0.2, -0.15) is 0 Å². The SMILES string of the molecule is CC(O)Oc1cc2c(N)c(c1N)OS(=O)(=O)O2. The number of fused-ring (bicyclic) bond motifs is 2. The van der Waals surface area contributed by atoms with E-state index in [1.165, 1.54) is 13.0 Å². The Bertz CT molecular complexity index is 568. The third kappa shape index (κ3) is 2.01. The van der Waals surface area contributed by atoms with E-state index < -0.39 is 16.7 Å². The van der Waals surface area contributed by atoms with E-state index in [4.69, 9.17) is 21.3 Å². The number of aliphatic hydroxyl groups excluding tert-OH is 1. The molecule has 0 aliphatic carbocycles. The van der Waals surface area contributed by atoms with Crippen LogP contribution in [0.4, 0.5) is 11.4 Å². The number of nitrogen functional groups attached to an aromatic ring is 2. The van der Waals surface area contributed by atoms with Gasteiger partial charge in [-0.15, -0.1) is 8.42 Å². The van der Waals surface area contributed by atoms with E-state index in [1.54, 1.807) is 0 Å². The fourth-order valence-corrected chi connectivity index (χ4v) is 2.09. The molecule has 9 heteroatoms. The highest BCUT2D eigenvalue weighted by Gasteiger charge is 2.31. The molecule has 94 valence electrons. The molecule has 0 aromatic heterocycles. The van der Waals surface area contributed by atoms with Gasteiger partial charge in [-0.1, -0.05) is 0 Å². The van der Waals surface area contributed by atoms with Crippen molar-refractivity contribution < 1.29 is 26.6 Å². The van der Waals surface area contributed by atoms with E-state index >= 15 is 0 Å². The van der Waals surface area contributed by atoms with Gasteiger partial charge in [0.05, 0.1) is 0 Å². The van der Waals surface area contributed by atoms with Crippen molar-refractivity contribution in [2.45, 2.75) is 13.2 Å². The molecule has 1 aromatic carbocycles. The first kappa shape index (κ1) is 11.6. The Morgan fingerprint density at radius 1 is 1.35 bits per heavy atom. The zero-order valence-electron chi connectivity index (χ0n) is 8.71. The van der Waals surface area contributed by atoms with Crippen LogP contribution in [0.3, 0.4) is 0 Å². The molecule has 2 bridgehead atoms. The lowest BCUT2D eigenvalue weighted by molar-refractivity contribution is 0.000121. The molecule has 0 spiro atoms. The number of hydrogen-bond donors (Lipinski definition) is 3. The molecule has 0 saturated heterocycles. The third-order valence-corrected chi connectivity index (χ3v) is 2.71. The Morgan fingerprint density at radius 2 is 2.00 bits per heavy atom. The van der Waals surface area contributed by atoms with Crippen molar-refractivity contribution >= 4 is 21.8 Å². The van der Waals surface area contributed by atoms with Crippen LogP contribution in [0.2, 0.25) is 0 Å². The van der Waals surface area contributed by atoms with Crippen molar-refractivity contribution in [1.29, 1.82) is 0 Å². The maximum atomic E-state index is 11.1. The van der Waals surface area contributed by atoms with Crippen molar-refractivity contribution in [3.05, 3.63) is 6.07 Å². The molecule has 1 aromatic rings. The summed E-state index contributed by atoms with van der Waals surface area (Å²) in [6, 6.07) is 1.17. The summed E-state index contributed by atoms with van der Waals surface area (Å²) in [6.45, 7) is 1.36. The van der Waals surface area contributed by atoms with E-state index in [-0.39, 0.29) is 28.6 Å². The first-order chi connectivity index (χ1) is 7.80. The van der Waals surface area contributed by atoms with Crippen molar-refractivity contribution in [2.24, 2.45) is 0 Å². The van der Waals surface area contributed by atoms with Gasteiger partial charge in [-0.25, -0.2) is 0 Å². The van der Waals surface area contributed by atoms with Gasteiger partial charge in [0, 0.05) is 6.07 Å². The molecule has 2 rings (SSSR count). The van der Waals surface area contributed by atoms with Crippen LogP contribution in [-0.2, 0) is 10.4 Å². The molecule has 1 unspecified atom stereocenters. The lowest BCUT2D eigenvalue weighted by Crippen LogP contribution is -2.23. The number of aliphatic hydroxyl groups is 1. The van der Waals surface area contributed by atoms with Crippen LogP contribution in [0.15, 0.2) is 6.07 Å². The van der Waals surface area contributed by atoms with Gasteiger partial charge in [-0.05, 0) is 6.92 Å². The molecular formula is C8H10N2O6S. The minimum absolute atomic E-state index is 0.0223. The Labute approximate surface area is 97.0 Å². The molecule has 1 atom stereocenters. The van der Waals surface area contributed by atoms with Crippen LogP contribution in [0.25, 0.3) is 0 Å². The summed E-state index contributed by atoms with van der Waals surface area (Å²) in [7, 11) is -4.20. The van der Waals surface area contributed by atoms with Gasteiger partial charge in [0.25, 0.3) is 0 Å². The molecule has 1 heterocycles. The van der Waals surface area contributed by atoms with E-state index in [2.05, 4.69) is 8.37 Å². The minimum atomic E-state index is -4.20. The summed E-state index contributed by atoms with van der Waals surface area (Å²) in [4.78, 5) is 0. The number of nitrogens with two attached hydrogens (primary N) is 2. The fraction of sp³-hybridized carbons (Fsp3) is 0.250. The normalized spacial score (nSPS) is 17.8. The first-order valence-electron chi connectivity index (χ1n) is 4.50. The van der Waals surface area contributed by atoms with Gasteiger partial charge in [0.15, 0.2) is 23.5 Å². The van der Waals surface area contributed by atoms with Crippen LogP contribution in [0.5, 0.6) is 17.2 Å². The maximum absolute atomic E-state index is 11.1. The lowest BCUT2D eigenvalue weighted by Gasteiger charge is -2.22. The van der Waals surface area contributed by atoms with Gasteiger partial charge in [-0.3, -0.25) is 0 Å². The molecule has 1 aliphatic rings. The second-order valence-electron chi connectivity index (χ2n) is 3.32. The third-order valence-electron chi connectivity index (χ3n) is 1.96. The molecule has 0 fully saturated rings. The molecule has 0 radical (unpaired) electrons. The molecule has 17 heavy (non-hydrogen) atoms. The highest BCUT2D eigenvalue weighted by Crippen LogP contribution is 2.47. The fourth-order valence-electron chi connectivity index (χ4n) is 1.31. The van der Waals surface area contributed by atoms with Crippen molar-refractivity contribution in [2.75, 3.05) is 11.5 Å². The van der Waals surface area contributed by atoms with Gasteiger partial charge < -0.3 is 29.7 Å². The Kier molecular flexibility index (Phi) is 2.44. The lowest BCUT2D eigenvalue weighted by atomic mass is 10.2. The predicted octanol–water partition coefficient (Wildman–Crippen LogP) is -0.416. The summed E-state index contributed by atoms with van der Waals surface area (Å²) >= 11 is 0. The second-order valence-corrected chi connectivity index (χ2v) is 4.47. The smallest absolute Gasteiger partial charge is 0.463 e. The van der Waals surface area contributed by atoms with Crippen molar-refractivity contribution in [1.82, 2.24) is 0 Å². The number of ether oxygens (including phenoxy) is 1. The standard InChI is InChI=1S/C8H10N2O6S/c1-3(11)14-4-2-5-7(10)8(6(4)9)16-17(12,13)15-5/h2-3,11H,9-10H2,1H3.